The number of ether oxygens (including phenoxy) is 1. The van der Waals surface area contributed by atoms with Crippen molar-refractivity contribution >= 4 is 28.9 Å². The predicted octanol–water partition coefficient (Wildman–Crippen LogP) is 3.68. The maximum atomic E-state index is 10.8. The summed E-state index contributed by atoms with van der Waals surface area (Å²) in [6, 6.07) is 15.3. The van der Waals surface area contributed by atoms with E-state index in [0.717, 1.165) is 11.8 Å². The first-order chi connectivity index (χ1) is 8.29. The summed E-state index contributed by atoms with van der Waals surface area (Å²) in [5, 5.41) is 0. The Morgan fingerprint density at radius 1 is 1.12 bits per heavy atom. The highest BCUT2D eigenvalue weighted by atomic mass is 127. The van der Waals surface area contributed by atoms with Gasteiger partial charge in [0.15, 0.2) is 6.29 Å². The van der Waals surface area contributed by atoms with Gasteiger partial charge in [-0.2, -0.15) is 0 Å². The van der Waals surface area contributed by atoms with Crippen molar-refractivity contribution in [1.29, 1.82) is 0 Å². The largest absolute Gasteiger partial charge is 0.488 e. The number of benzene rings is 2. The van der Waals surface area contributed by atoms with Crippen LogP contribution in [0.4, 0.5) is 0 Å². The molecule has 0 heterocycles. The second-order valence-corrected chi connectivity index (χ2v) is 4.82. The van der Waals surface area contributed by atoms with E-state index in [1.165, 1.54) is 3.57 Å². The summed E-state index contributed by atoms with van der Waals surface area (Å²) in [7, 11) is 0. The van der Waals surface area contributed by atoms with Crippen molar-refractivity contribution in [2.45, 2.75) is 6.61 Å². The van der Waals surface area contributed by atoms with Gasteiger partial charge in [0.25, 0.3) is 0 Å². The summed E-state index contributed by atoms with van der Waals surface area (Å²) in [5.41, 5.74) is 1.68. The van der Waals surface area contributed by atoms with E-state index >= 15 is 0 Å². The molecule has 0 bridgehead atoms. The number of carbonyl (C=O) groups excluding carboxylic acids is 1. The maximum Gasteiger partial charge on any atom is 0.153 e. The fourth-order valence-electron chi connectivity index (χ4n) is 1.50. The number of aldehydes is 1. The van der Waals surface area contributed by atoms with Gasteiger partial charge in [-0.1, -0.05) is 24.3 Å². The van der Waals surface area contributed by atoms with Crippen molar-refractivity contribution < 1.29 is 9.53 Å². The number of para-hydroxylation sites is 1. The molecule has 0 fully saturated rings. The normalized spacial score (nSPS) is 9.94. The van der Waals surface area contributed by atoms with E-state index in [0.29, 0.717) is 17.9 Å². The molecule has 0 aliphatic rings. The van der Waals surface area contributed by atoms with Crippen LogP contribution in [0.15, 0.2) is 48.5 Å². The minimum atomic E-state index is 0.474. The van der Waals surface area contributed by atoms with Crippen LogP contribution in [-0.2, 0) is 6.61 Å². The van der Waals surface area contributed by atoms with E-state index in [1.807, 2.05) is 30.3 Å². The fraction of sp³-hybridized carbons (Fsp3) is 0.0714. The molecule has 0 radical (unpaired) electrons. The molecule has 2 aromatic carbocycles. The minimum Gasteiger partial charge on any atom is -0.488 e. The van der Waals surface area contributed by atoms with E-state index in [-0.39, 0.29) is 0 Å². The lowest BCUT2D eigenvalue weighted by Crippen LogP contribution is -1.98. The average molecular weight is 338 g/mol. The zero-order valence-electron chi connectivity index (χ0n) is 9.10. The quantitative estimate of drug-likeness (QED) is 0.628. The lowest BCUT2D eigenvalue weighted by Gasteiger charge is -2.08. The summed E-state index contributed by atoms with van der Waals surface area (Å²) in [6.07, 6.45) is 0.810. The minimum absolute atomic E-state index is 0.474. The molecule has 0 saturated carbocycles. The zero-order chi connectivity index (χ0) is 12.1. The van der Waals surface area contributed by atoms with Crippen LogP contribution in [0.25, 0.3) is 0 Å². The van der Waals surface area contributed by atoms with Crippen molar-refractivity contribution in [2.24, 2.45) is 0 Å². The second kappa shape index (κ2) is 5.82. The van der Waals surface area contributed by atoms with Gasteiger partial charge in [-0.15, -0.1) is 0 Å². The molecule has 0 atom stereocenters. The predicted molar refractivity (Wildman–Crippen MR) is 75.3 cm³/mol. The number of hydrogen-bond acceptors (Lipinski definition) is 2. The van der Waals surface area contributed by atoms with Gasteiger partial charge in [0.2, 0.25) is 0 Å². The summed E-state index contributed by atoms with van der Waals surface area (Å²) < 4.78 is 6.81. The Balaban J connectivity index is 2.09. The molecule has 2 nitrogen and oxygen atoms in total. The summed E-state index contributed by atoms with van der Waals surface area (Å²) in [5.74, 6) is 0.626. The van der Waals surface area contributed by atoms with E-state index in [1.54, 1.807) is 12.1 Å². The molecule has 17 heavy (non-hydrogen) atoms. The highest BCUT2D eigenvalue weighted by molar-refractivity contribution is 14.1. The van der Waals surface area contributed by atoms with Gasteiger partial charge in [0, 0.05) is 3.57 Å². The second-order valence-electron chi connectivity index (χ2n) is 3.57. The number of rotatable bonds is 4. The van der Waals surface area contributed by atoms with E-state index < -0.39 is 0 Å². The van der Waals surface area contributed by atoms with Crippen molar-refractivity contribution in [3.05, 3.63) is 63.2 Å². The van der Waals surface area contributed by atoms with E-state index in [2.05, 4.69) is 28.7 Å². The highest BCUT2D eigenvalue weighted by Crippen LogP contribution is 2.18. The van der Waals surface area contributed by atoms with Gasteiger partial charge in [-0.3, -0.25) is 4.79 Å². The highest BCUT2D eigenvalue weighted by Gasteiger charge is 2.01. The number of carbonyl (C=O) groups is 1. The Labute approximate surface area is 114 Å². The van der Waals surface area contributed by atoms with Crippen LogP contribution in [0.1, 0.15) is 15.9 Å². The lowest BCUT2D eigenvalue weighted by atomic mass is 10.2. The molecule has 0 N–H and O–H groups in total. The third-order valence-corrected chi connectivity index (χ3v) is 3.00. The Morgan fingerprint density at radius 2 is 1.94 bits per heavy atom. The molecule has 0 spiro atoms. The van der Waals surface area contributed by atoms with Gasteiger partial charge >= 0.3 is 0 Å². The molecule has 2 rings (SSSR count). The smallest absolute Gasteiger partial charge is 0.153 e. The van der Waals surface area contributed by atoms with Gasteiger partial charge in [0.1, 0.15) is 12.4 Å². The number of halogens is 1. The molecule has 0 aromatic heterocycles. The van der Waals surface area contributed by atoms with Crippen LogP contribution in [0.3, 0.4) is 0 Å². The van der Waals surface area contributed by atoms with Crippen molar-refractivity contribution in [3.63, 3.8) is 0 Å². The van der Waals surface area contributed by atoms with Crippen LogP contribution in [-0.4, -0.2) is 6.29 Å². The first-order valence-corrected chi connectivity index (χ1v) is 6.29. The molecule has 0 saturated heterocycles. The molecule has 86 valence electrons. The first-order valence-electron chi connectivity index (χ1n) is 5.21. The van der Waals surface area contributed by atoms with Gasteiger partial charge in [0.05, 0.1) is 5.56 Å². The fourth-order valence-corrected chi connectivity index (χ4v) is 2.10. The lowest BCUT2D eigenvalue weighted by molar-refractivity contribution is 0.111. The summed E-state index contributed by atoms with van der Waals surface area (Å²) in [4.78, 5) is 10.8. The van der Waals surface area contributed by atoms with E-state index in [9.17, 15) is 4.79 Å². The summed E-state index contributed by atoms with van der Waals surface area (Å²) in [6.45, 7) is 0.474. The van der Waals surface area contributed by atoms with E-state index in [4.69, 9.17) is 4.74 Å². The van der Waals surface area contributed by atoms with Crippen LogP contribution < -0.4 is 4.74 Å². The Hall–Kier alpha value is -1.36. The van der Waals surface area contributed by atoms with Crippen molar-refractivity contribution in [2.75, 3.05) is 0 Å². The van der Waals surface area contributed by atoms with Crippen LogP contribution in [0, 0.1) is 3.57 Å². The third kappa shape index (κ3) is 3.30. The first kappa shape index (κ1) is 12.1. The molecular formula is C14H11IO2. The van der Waals surface area contributed by atoms with Gasteiger partial charge < -0.3 is 4.74 Å². The van der Waals surface area contributed by atoms with Crippen LogP contribution >= 0.6 is 22.6 Å². The van der Waals surface area contributed by atoms with Crippen molar-refractivity contribution in [3.8, 4) is 5.75 Å². The van der Waals surface area contributed by atoms with Crippen molar-refractivity contribution in [1.82, 2.24) is 0 Å². The Bertz CT molecular complexity index is 523. The maximum absolute atomic E-state index is 10.8. The molecule has 0 aliphatic carbocycles. The molecule has 0 aliphatic heterocycles. The SMILES string of the molecule is O=Cc1ccccc1OCc1cccc(I)c1. The Kier molecular flexibility index (Phi) is 4.14. The molecule has 0 amide bonds. The molecular weight excluding hydrogens is 327 g/mol. The molecule has 0 unspecified atom stereocenters. The standard InChI is InChI=1S/C14H11IO2/c15-13-6-3-4-11(8-13)10-17-14-7-2-1-5-12(14)9-16/h1-9H,10H2. The monoisotopic (exact) mass is 338 g/mol. The zero-order valence-corrected chi connectivity index (χ0v) is 11.3. The molecule has 2 aromatic rings. The van der Waals surface area contributed by atoms with Crippen LogP contribution in [0.2, 0.25) is 0 Å². The Morgan fingerprint density at radius 3 is 2.71 bits per heavy atom. The summed E-state index contributed by atoms with van der Waals surface area (Å²) >= 11 is 2.26. The van der Waals surface area contributed by atoms with Crippen LogP contribution in [0.5, 0.6) is 5.75 Å². The van der Waals surface area contributed by atoms with Gasteiger partial charge in [-0.25, -0.2) is 0 Å². The average Bonchev–Trinajstić information content (AvgIpc) is 2.37. The number of hydrogen-bond donors (Lipinski definition) is 0. The topological polar surface area (TPSA) is 26.3 Å². The molecule has 3 heteroatoms. The third-order valence-electron chi connectivity index (χ3n) is 2.33. The van der Waals surface area contributed by atoms with Gasteiger partial charge in [-0.05, 0) is 52.4 Å².